The fourth-order valence-corrected chi connectivity index (χ4v) is 2.98. The maximum atomic E-state index is 11.0. The fourth-order valence-electron chi connectivity index (χ4n) is 2.20. The molecular formula is C17H15N3OS. The lowest BCUT2D eigenvalue weighted by Crippen LogP contribution is -2.13. The zero-order valence-electron chi connectivity index (χ0n) is 11.9. The van der Waals surface area contributed by atoms with E-state index in [1.165, 1.54) is 11.8 Å². The molecule has 110 valence electrons. The molecule has 0 aliphatic carbocycles. The van der Waals surface area contributed by atoms with E-state index in [1.54, 1.807) is 0 Å². The molecule has 3 rings (SSSR count). The summed E-state index contributed by atoms with van der Waals surface area (Å²) < 4.78 is 0. The van der Waals surface area contributed by atoms with Crippen molar-refractivity contribution < 1.29 is 4.79 Å². The first-order valence-corrected chi connectivity index (χ1v) is 7.91. The molecule has 3 aromatic rings. The number of amides is 1. The van der Waals surface area contributed by atoms with E-state index in [2.05, 4.69) is 22.1 Å². The summed E-state index contributed by atoms with van der Waals surface area (Å²) in [6.07, 6.45) is 0.663. The van der Waals surface area contributed by atoms with Crippen molar-refractivity contribution in [3.05, 3.63) is 66.0 Å². The number of primary amides is 1. The SMILES string of the molecule is NC(=O)CSc1nc(Cc2ccccc2)nc2ccccc12. The van der Waals surface area contributed by atoms with Crippen LogP contribution >= 0.6 is 11.8 Å². The fraction of sp³-hybridized carbons (Fsp3) is 0.118. The Hall–Kier alpha value is -2.40. The van der Waals surface area contributed by atoms with Gasteiger partial charge >= 0.3 is 0 Å². The molecule has 1 heterocycles. The number of carbonyl (C=O) groups is 1. The molecule has 0 aliphatic rings. The van der Waals surface area contributed by atoms with Crippen LogP contribution in [0.2, 0.25) is 0 Å². The number of aromatic nitrogens is 2. The lowest BCUT2D eigenvalue weighted by molar-refractivity contribution is -0.115. The molecule has 0 unspecified atom stereocenters. The Morgan fingerprint density at radius 3 is 2.50 bits per heavy atom. The number of nitrogens with zero attached hydrogens (tertiary/aromatic N) is 2. The summed E-state index contributed by atoms with van der Waals surface area (Å²) in [5, 5.41) is 1.75. The highest BCUT2D eigenvalue weighted by Crippen LogP contribution is 2.25. The maximum absolute atomic E-state index is 11.0. The van der Waals surface area contributed by atoms with Gasteiger partial charge in [0.25, 0.3) is 0 Å². The Morgan fingerprint density at radius 2 is 1.73 bits per heavy atom. The van der Waals surface area contributed by atoms with Gasteiger partial charge in [0.05, 0.1) is 11.3 Å². The van der Waals surface area contributed by atoms with Crippen LogP contribution < -0.4 is 5.73 Å². The molecule has 0 atom stereocenters. The van der Waals surface area contributed by atoms with E-state index in [0.29, 0.717) is 6.42 Å². The van der Waals surface area contributed by atoms with Gasteiger partial charge in [0.1, 0.15) is 10.9 Å². The summed E-state index contributed by atoms with van der Waals surface area (Å²) in [6.45, 7) is 0. The summed E-state index contributed by atoms with van der Waals surface area (Å²) in [7, 11) is 0. The average molecular weight is 309 g/mol. The van der Waals surface area contributed by atoms with E-state index >= 15 is 0 Å². The van der Waals surface area contributed by atoms with E-state index in [-0.39, 0.29) is 11.7 Å². The second kappa shape index (κ2) is 6.58. The molecule has 0 spiro atoms. The van der Waals surface area contributed by atoms with Crippen LogP contribution in [0.4, 0.5) is 0 Å². The van der Waals surface area contributed by atoms with Crippen LogP contribution in [0.3, 0.4) is 0 Å². The van der Waals surface area contributed by atoms with Gasteiger partial charge in [0.2, 0.25) is 5.91 Å². The molecule has 0 saturated carbocycles. The smallest absolute Gasteiger partial charge is 0.227 e. The van der Waals surface area contributed by atoms with Gasteiger partial charge in [0, 0.05) is 11.8 Å². The molecule has 0 radical (unpaired) electrons. The summed E-state index contributed by atoms with van der Waals surface area (Å²) in [5.41, 5.74) is 7.28. The zero-order chi connectivity index (χ0) is 15.4. The maximum Gasteiger partial charge on any atom is 0.227 e. The molecule has 1 aromatic heterocycles. The van der Waals surface area contributed by atoms with Gasteiger partial charge in [-0.3, -0.25) is 4.79 Å². The topological polar surface area (TPSA) is 68.9 Å². The summed E-state index contributed by atoms with van der Waals surface area (Å²) >= 11 is 1.36. The van der Waals surface area contributed by atoms with Crippen molar-refractivity contribution >= 4 is 28.6 Å². The molecule has 4 nitrogen and oxygen atoms in total. The molecule has 22 heavy (non-hydrogen) atoms. The molecule has 0 fully saturated rings. The second-order valence-electron chi connectivity index (χ2n) is 4.88. The molecular weight excluding hydrogens is 294 g/mol. The van der Waals surface area contributed by atoms with Crippen LogP contribution in [0.15, 0.2) is 59.6 Å². The molecule has 0 saturated heterocycles. The minimum Gasteiger partial charge on any atom is -0.369 e. The van der Waals surface area contributed by atoms with Crippen LogP contribution in [0.1, 0.15) is 11.4 Å². The van der Waals surface area contributed by atoms with E-state index in [4.69, 9.17) is 5.73 Å². The lowest BCUT2D eigenvalue weighted by atomic mass is 10.1. The number of hydrogen-bond acceptors (Lipinski definition) is 4. The zero-order valence-corrected chi connectivity index (χ0v) is 12.7. The molecule has 5 heteroatoms. The number of nitrogens with two attached hydrogens (primary N) is 1. The van der Waals surface area contributed by atoms with Crippen LogP contribution in [0.25, 0.3) is 10.9 Å². The highest BCUT2D eigenvalue weighted by molar-refractivity contribution is 8.00. The number of benzene rings is 2. The van der Waals surface area contributed by atoms with Crippen molar-refractivity contribution in [1.82, 2.24) is 9.97 Å². The number of para-hydroxylation sites is 1. The number of hydrogen-bond donors (Lipinski definition) is 1. The second-order valence-corrected chi connectivity index (χ2v) is 5.84. The van der Waals surface area contributed by atoms with Gasteiger partial charge in [-0.2, -0.15) is 0 Å². The largest absolute Gasteiger partial charge is 0.369 e. The monoisotopic (exact) mass is 309 g/mol. The molecule has 0 aliphatic heterocycles. The third kappa shape index (κ3) is 3.43. The summed E-state index contributed by atoms with van der Waals surface area (Å²) in [6, 6.07) is 17.9. The van der Waals surface area contributed by atoms with Crippen molar-refractivity contribution in [1.29, 1.82) is 0 Å². The van der Waals surface area contributed by atoms with Gasteiger partial charge in [-0.1, -0.05) is 60.3 Å². The van der Waals surface area contributed by atoms with E-state index < -0.39 is 0 Å². The van der Waals surface area contributed by atoms with Crippen LogP contribution in [-0.4, -0.2) is 21.6 Å². The lowest BCUT2D eigenvalue weighted by Gasteiger charge is -2.08. The standard InChI is InChI=1S/C17H15N3OS/c18-15(21)11-22-17-13-8-4-5-9-14(13)19-16(20-17)10-12-6-2-1-3-7-12/h1-9H,10-11H2,(H2,18,21). The van der Waals surface area contributed by atoms with Gasteiger partial charge in [-0.05, 0) is 11.6 Å². The van der Waals surface area contributed by atoms with Crippen molar-refractivity contribution in [2.75, 3.05) is 5.75 Å². The Kier molecular flexibility index (Phi) is 4.34. The van der Waals surface area contributed by atoms with E-state index in [9.17, 15) is 4.79 Å². The predicted molar refractivity (Wildman–Crippen MR) is 88.7 cm³/mol. The first-order chi connectivity index (χ1) is 10.7. The Bertz CT molecular complexity index is 805. The van der Waals surface area contributed by atoms with Crippen molar-refractivity contribution in [3.63, 3.8) is 0 Å². The van der Waals surface area contributed by atoms with E-state index in [1.807, 2.05) is 42.5 Å². The van der Waals surface area contributed by atoms with Gasteiger partial charge in [-0.25, -0.2) is 9.97 Å². The molecule has 0 bridgehead atoms. The quantitative estimate of drug-likeness (QED) is 0.581. The summed E-state index contributed by atoms with van der Waals surface area (Å²) in [5.74, 6) is 0.611. The molecule has 1 amide bonds. The minimum atomic E-state index is -0.350. The van der Waals surface area contributed by atoms with Gasteiger partial charge < -0.3 is 5.73 Å². The number of thioether (sulfide) groups is 1. The van der Waals surface area contributed by atoms with E-state index in [0.717, 1.165) is 27.3 Å². The summed E-state index contributed by atoms with van der Waals surface area (Å²) in [4.78, 5) is 20.3. The first kappa shape index (κ1) is 14.5. The Labute approximate surface area is 132 Å². The Balaban J connectivity index is 1.98. The number of fused-ring (bicyclic) bond motifs is 1. The van der Waals surface area contributed by atoms with Gasteiger partial charge in [0.15, 0.2) is 0 Å². The van der Waals surface area contributed by atoms with Gasteiger partial charge in [-0.15, -0.1) is 0 Å². The third-order valence-electron chi connectivity index (χ3n) is 3.17. The third-order valence-corrected chi connectivity index (χ3v) is 4.18. The number of carbonyl (C=O) groups excluding carboxylic acids is 1. The van der Waals surface area contributed by atoms with Crippen LogP contribution in [-0.2, 0) is 11.2 Å². The van der Waals surface area contributed by atoms with Crippen LogP contribution in [0.5, 0.6) is 0 Å². The predicted octanol–water partition coefficient (Wildman–Crippen LogP) is 2.80. The van der Waals surface area contributed by atoms with Crippen LogP contribution in [0, 0.1) is 0 Å². The Morgan fingerprint density at radius 1 is 1.00 bits per heavy atom. The normalized spacial score (nSPS) is 10.7. The number of rotatable bonds is 5. The van der Waals surface area contributed by atoms with Crippen molar-refractivity contribution in [2.24, 2.45) is 5.73 Å². The molecule has 2 aromatic carbocycles. The van der Waals surface area contributed by atoms with Crippen molar-refractivity contribution in [3.8, 4) is 0 Å². The van der Waals surface area contributed by atoms with Crippen molar-refractivity contribution in [2.45, 2.75) is 11.4 Å². The highest BCUT2D eigenvalue weighted by Gasteiger charge is 2.09. The first-order valence-electron chi connectivity index (χ1n) is 6.93. The molecule has 2 N–H and O–H groups in total. The minimum absolute atomic E-state index is 0.214. The highest BCUT2D eigenvalue weighted by atomic mass is 32.2. The average Bonchev–Trinajstić information content (AvgIpc) is 2.53.